The van der Waals surface area contributed by atoms with Gasteiger partial charge in [-0.3, -0.25) is 9.59 Å². The Kier molecular flexibility index (Phi) is 5.87. The molecule has 172 valence electrons. The summed E-state index contributed by atoms with van der Waals surface area (Å²) in [6.45, 7) is 6.00. The summed E-state index contributed by atoms with van der Waals surface area (Å²) in [4.78, 5) is 28.8. The number of Topliss-reactive ketones (excluding diaryl/α,β-unsaturated/α-hetero) is 1. The van der Waals surface area contributed by atoms with Gasteiger partial charge in [0, 0.05) is 54.7 Å². The molecule has 2 aromatic rings. The molecule has 6 heteroatoms. The smallest absolute Gasteiger partial charge is 0.254 e. The molecular weight excluding hydrogens is 417 g/mol. The summed E-state index contributed by atoms with van der Waals surface area (Å²) < 4.78 is 14.3. The predicted octanol–water partition coefficient (Wildman–Crippen LogP) is 5.13. The number of carbonyl (C=O) groups excluding carboxylic acids is 2. The number of halogens is 1. The van der Waals surface area contributed by atoms with Crippen molar-refractivity contribution in [1.29, 1.82) is 0 Å². The topological polar surface area (TPSA) is 61.4 Å². The van der Waals surface area contributed by atoms with E-state index in [0.29, 0.717) is 23.3 Å². The summed E-state index contributed by atoms with van der Waals surface area (Å²) in [6.07, 6.45) is 1.14. The molecule has 1 amide bonds. The number of rotatable bonds is 4. The minimum absolute atomic E-state index is 0.0409. The van der Waals surface area contributed by atoms with E-state index in [1.807, 2.05) is 50.2 Å². The van der Waals surface area contributed by atoms with E-state index in [4.69, 9.17) is 0 Å². The highest BCUT2D eigenvalue weighted by molar-refractivity contribution is 6.10. The van der Waals surface area contributed by atoms with Crippen molar-refractivity contribution in [3.8, 4) is 0 Å². The molecule has 2 N–H and O–H groups in total. The van der Waals surface area contributed by atoms with Crippen LogP contribution >= 0.6 is 0 Å². The van der Waals surface area contributed by atoms with Crippen molar-refractivity contribution in [3.63, 3.8) is 0 Å². The number of nitrogens with zero attached hydrogens (tertiary/aromatic N) is 1. The molecule has 4 rings (SSSR count). The van der Waals surface area contributed by atoms with Gasteiger partial charge in [-0.05, 0) is 48.6 Å². The van der Waals surface area contributed by atoms with Crippen LogP contribution < -0.4 is 15.5 Å². The van der Waals surface area contributed by atoms with E-state index in [1.165, 1.54) is 12.1 Å². The number of benzene rings is 2. The van der Waals surface area contributed by atoms with Gasteiger partial charge in [-0.2, -0.15) is 0 Å². The van der Waals surface area contributed by atoms with Crippen LogP contribution in [-0.4, -0.2) is 25.8 Å². The quantitative estimate of drug-likeness (QED) is 0.682. The molecule has 0 radical (unpaired) electrons. The lowest BCUT2D eigenvalue weighted by molar-refractivity contribution is -0.118. The van der Waals surface area contributed by atoms with Gasteiger partial charge < -0.3 is 15.5 Å². The van der Waals surface area contributed by atoms with Gasteiger partial charge in [0.1, 0.15) is 5.82 Å². The highest BCUT2D eigenvalue weighted by Crippen LogP contribution is 2.47. The number of dihydropyridines is 1. The average Bonchev–Trinajstić information content (AvgIpc) is 2.73. The van der Waals surface area contributed by atoms with Crippen molar-refractivity contribution in [2.45, 2.75) is 39.5 Å². The van der Waals surface area contributed by atoms with Crippen molar-refractivity contribution in [2.24, 2.45) is 5.41 Å². The molecule has 1 heterocycles. The molecule has 0 spiro atoms. The van der Waals surface area contributed by atoms with Gasteiger partial charge in [-0.1, -0.05) is 38.1 Å². The van der Waals surface area contributed by atoms with Crippen molar-refractivity contribution >= 4 is 23.1 Å². The Hall–Kier alpha value is -3.41. The van der Waals surface area contributed by atoms with Gasteiger partial charge in [0.05, 0.1) is 5.69 Å². The van der Waals surface area contributed by atoms with Gasteiger partial charge in [0.2, 0.25) is 0 Å². The van der Waals surface area contributed by atoms with Crippen LogP contribution in [0.3, 0.4) is 0 Å². The lowest BCUT2D eigenvalue weighted by Crippen LogP contribution is -2.39. The van der Waals surface area contributed by atoms with Crippen LogP contribution in [-0.2, 0) is 9.59 Å². The summed E-state index contributed by atoms with van der Waals surface area (Å²) in [5.74, 6) is -1.40. The molecule has 1 aliphatic carbocycles. The SMILES string of the molecule is CC1=C(C(=O)Nc2ccccc2F)C(c2ccc(N(C)C)cc2)C2=C(CC(C)(C)CC2=O)N1. The van der Waals surface area contributed by atoms with Gasteiger partial charge >= 0.3 is 0 Å². The number of para-hydroxylation sites is 1. The molecule has 0 saturated carbocycles. The van der Waals surface area contributed by atoms with Crippen LogP contribution in [0, 0.1) is 11.2 Å². The molecule has 0 aromatic heterocycles. The second kappa shape index (κ2) is 8.50. The van der Waals surface area contributed by atoms with Crippen molar-refractivity contribution in [1.82, 2.24) is 5.32 Å². The number of ketones is 1. The summed E-state index contributed by atoms with van der Waals surface area (Å²) >= 11 is 0. The minimum atomic E-state index is -0.521. The van der Waals surface area contributed by atoms with Crippen LogP contribution in [0.4, 0.5) is 15.8 Å². The second-order valence-electron chi connectivity index (χ2n) is 9.85. The average molecular weight is 448 g/mol. The van der Waals surface area contributed by atoms with Gasteiger partial charge in [0.25, 0.3) is 5.91 Å². The highest BCUT2D eigenvalue weighted by Gasteiger charge is 2.42. The van der Waals surface area contributed by atoms with E-state index in [1.54, 1.807) is 12.1 Å². The first-order valence-electron chi connectivity index (χ1n) is 11.1. The van der Waals surface area contributed by atoms with E-state index in [-0.39, 0.29) is 16.9 Å². The Morgan fingerprint density at radius 2 is 1.76 bits per heavy atom. The zero-order valence-corrected chi connectivity index (χ0v) is 19.8. The third-order valence-electron chi connectivity index (χ3n) is 6.35. The maximum atomic E-state index is 14.3. The Morgan fingerprint density at radius 3 is 2.39 bits per heavy atom. The van der Waals surface area contributed by atoms with Gasteiger partial charge in [-0.25, -0.2) is 4.39 Å². The fourth-order valence-corrected chi connectivity index (χ4v) is 4.79. The first kappa shape index (κ1) is 22.8. The molecule has 0 fully saturated rings. The number of carbonyl (C=O) groups is 2. The predicted molar refractivity (Wildman–Crippen MR) is 129 cm³/mol. The first-order chi connectivity index (χ1) is 15.6. The third-order valence-corrected chi connectivity index (χ3v) is 6.35. The number of hydrogen-bond acceptors (Lipinski definition) is 4. The monoisotopic (exact) mass is 447 g/mol. The van der Waals surface area contributed by atoms with E-state index in [0.717, 1.165) is 23.4 Å². The molecule has 2 aromatic carbocycles. The summed E-state index contributed by atoms with van der Waals surface area (Å²) in [5, 5.41) is 6.05. The normalized spacial score (nSPS) is 19.7. The Morgan fingerprint density at radius 1 is 1.09 bits per heavy atom. The van der Waals surface area contributed by atoms with Crippen LogP contribution in [0.2, 0.25) is 0 Å². The van der Waals surface area contributed by atoms with E-state index < -0.39 is 17.6 Å². The number of hydrogen-bond donors (Lipinski definition) is 2. The van der Waals surface area contributed by atoms with Crippen LogP contribution in [0.1, 0.15) is 45.1 Å². The van der Waals surface area contributed by atoms with E-state index in [2.05, 4.69) is 24.5 Å². The zero-order chi connectivity index (χ0) is 23.9. The number of nitrogens with one attached hydrogen (secondary N) is 2. The number of amides is 1. The van der Waals surface area contributed by atoms with Gasteiger partial charge in [-0.15, -0.1) is 0 Å². The molecule has 1 atom stereocenters. The molecule has 2 aliphatic rings. The maximum absolute atomic E-state index is 14.3. The van der Waals surface area contributed by atoms with Gasteiger partial charge in [0.15, 0.2) is 5.78 Å². The van der Waals surface area contributed by atoms with E-state index in [9.17, 15) is 14.0 Å². The standard InChI is InChI=1S/C27H30FN3O2/c1-16-23(26(33)30-20-9-7-6-8-19(20)28)24(17-10-12-18(13-11-17)31(4)5)25-21(29-16)14-27(2,3)15-22(25)32/h6-13,24,29H,14-15H2,1-5H3,(H,30,33). The van der Waals surface area contributed by atoms with E-state index >= 15 is 0 Å². The fraction of sp³-hybridized carbons (Fsp3) is 0.333. The molecule has 1 aliphatic heterocycles. The van der Waals surface area contributed by atoms with Crippen LogP contribution in [0.25, 0.3) is 0 Å². The third kappa shape index (κ3) is 4.42. The summed E-state index contributed by atoms with van der Waals surface area (Å²) in [7, 11) is 3.93. The number of anilines is 2. The maximum Gasteiger partial charge on any atom is 0.254 e. The van der Waals surface area contributed by atoms with Crippen LogP contribution in [0.5, 0.6) is 0 Å². The summed E-state index contributed by atoms with van der Waals surface area (Å²) in [6, 6.07) is 14.0. The molecule has 0 bridgehead atoms. The molecule has 5 nitrogen and oxygen atoms in total. The Bertz CT molecular complexity index is 1180. The van der Waals surface area contributed by atoms with Crippen molar-refractivity contribution in [2.75, 3.05) is 24.3 Å². The lowest BCUT2D eigenvalue weighted by atomic mass is 9.68. The fourth-order valence-electron chi connectivity index (χ4n) is 4.79. The zero-order valence-electron chi connectivity index (χ0n) is 19.8. The molecule has 1 unspecified atom stereocenters. The molecule has 0 saturated heterocycles. The minimum Gasteiger partial charge on any atom is -0.378 e. The Labute approximate surface area is 194 Å². The largest absolute Gasteiger partial charge is 0.378 e. The lowest BCUT2D eigenvalue weighted by Gasteiger charge is -2.39. The first-order valence-corrected chi connectivity index (χ1v) is 11.1. The molecule has 33 heavy (non-hydrogen) atoms. The van der Waals surface area contributed by atoms with Crippen molar-refractivity contribution in [3.05, 3.63) is 82.5 Å². The second-order valence-corrected chi connectivity index (χ2v) is 9.85. The Balaban J connectivity index is 1.81. The van der Waals surface area contributed by atoms with Crippen molar-refractivity contribution < 1.29 is 14.0 Å². The number of allylic oxidation sites excluding steroid dienone is 3. The molecular formula is C27H30FN3O2. The van der Waals surface area contributed by atoms with Crippen LogP contribution in [0.15, 0.2) is 71.1 Å². The highest BCUT2D eigenvalue weighted by atomic mass is 19.1. The summed E-state index contributed by atoms with van der Waals surface area (Å²) in [5.41, 5.74) is 4.46.